The number of ether oxygens (including phenoxy) is 1. The van der Waals surface area contributed by atoms with Crippen LogP contribution in [0.15, 0.2) is 23.6 Å². The molecule has 0 amide bonds. The maximum Gasteiger partial charge on any atom is 0.287 e. The van der Waals surface area contributed by atoms with Crippen molar-refractivity contribution in [2.75, 3.05) is 18.5 Å². The van der Waals surface area contributed by atoms with E-state index in [0.717, 1.165) is 26.0 Å². The number of hydrogen-bond donors (Lipinski definition) is 1. The van der Waals surface area contributed by atoms with Crippen molar-refractivity contribution < 1.29 is 4.74 Å². The summed E-state index contributed by atoms with van der Waals surface area (Å²) in [6, 6.07) is 0. The van der Waals surface area contributed by atoms with Crippen LogP contribution in [0.25, 0.3) is 0 Å². The monoisotopic (exact) mass is 297 g/mol. The minimum atomic E-state index is -0.300. The Morgan fingerprint density at radius 3 is 3.20 bits per heavy atom. The minimum Gasteiger partial charge on any atom is -0.382 e. The molecule has 1 aromatic heterocycles. The highest BCUT2D eigenvalue weighted by atomic mass is 35.5. The maximum absolute atomic E-state index is 12.0. The number of nitrogens with zero attached hydrogens (tertiary/aromatic N) is 2. The molecule has 0 aliphatic carbocycles. The molecule has 0 aromatic carbocycles. The Balaban J connectivity index is 2.05. The van der Waals surface area contributed by atoms with Gasteiger partial charge in [0.15, 0.2) is 0 Å². The standard InChI is InChI=1S/C14H20ClN3O2/c1-3-6-18-14(19)13(15)11(9-17-18)16-8-10-5-7-20-12(10)4-2/h3,9-10,12,16H,1,4-8H2,2H3. The summed E-state index contributed by atoms with van der Waals surface area (Å²) in [5.41, 5.74) is 0.282. The summed E-state index contributed by atoms with van der Waals surface area (Å²) in [7, 11) is 0. The van der Waals surface area contributed by atoms with Crippen LogP contribution in [0.5, 0.6) is 0 Å². The summed E-state index contributed by atoms with van der Waals surface area (Å²) in [6.07, 6.45) is 5.52. The van der Waals surface area contributed by atoms with Crippen molar-refractivity contribution in [3.05, 3.63) is 34.2 Å². The van der Waals surface area contributed by atoms with Gasteiger partial charge in [-0.25, -0.2) is 4.68 Å². The van der Waals surface area contributed by atoms with Crippen LogP contribution in [0.1, 0.15) is 19.8 Å². The topological polar surface area (TPSA) is 56.1 Å². The molecule has 0 radical (unpaired) electrons. The molecule has 2 heterocycles. The smallest absolute Gasteiger partial charge is 0.287 e. The highest BCUT2D eigenvalue weighted by Crippen LogP contribution is 2.24. The summed E-state index contributed by atoms with van der Waals surface area (Å²) in [5.74, 6) is 0.451. The van der Waals surface area contributed by atoms with E-state index in [2.05, 4.69) is 23.9 Å². The van der Waals surface area contributed by atoms with Crippen LogP contribution in [0.4, 0.5) is 5.69 Å². The molecule has 0 saturated carbocycles. The van der Waals surface area contributed by atoms with E-state index in [1.165, 1.54) is 4.68 Å². The molecule has 1 aromatic rings. The lowest BCUT2D eigenvalue weighted by Crippen LogP contribution is -2.26. The third-order valence-electron chi connectivity index (χ3n) is 3.59. The Morgan fingerprint density at radius 1 is 1.70 bits per heavy atom. The van der Waals surface area contributed by atoms with Crippen molar-refractivity contribution in [2.24, 2.45) is 5.92 Å². The first-order valence-corrected chi connectivity index (χ1v) is 7.27. The molecule has 5 nitrogen and oxygen atoms in total. The average molecular weight is 298 g/mol. The van der Waals surface area contributed by atoms with Gasteiger partial charge in [-0.15, -0.1) is 6.58 Å². The number of rotatable bonds is 6. The third-order valence-corrected chi connectivity index (χ3v) is 3.96. The van der Waals surface area contributed by atoms with E-state index in [-0.39, 0.29) is 16.7 Å². The Labute approximate surface area is 123 Å². The number of allylic oxidation sites excluding steroid dienone is 1. The fourth-order valence-electron chi connectivity index (χ4n) is 2.46. The second-order valence-electron chi connectivity index (χ2n) is 4.90. The zero-order valence-electron chi connectivity index (χ0n) is 11.6. The molecule has 20 heavy (non-hydrogen) atoms. The van der Waals surface area contributed by atoms with E-state index in [1.807, 2.05) is 0 Å². The number of nitrogens with one attached hydrogen (secondary N) is 1. The summed E-state index contributed by atoms with van der Waals surface area (Å²) < 4.78 is 6.93. The van der Waals surface area contributed by atoms with Gasteiger partial charge >= 0.3 is 0 Å². The van der Waals surface area contributed by atoms with E-state index >= 15 is 0 Å². The van der Waals surface area contributed by atoms with Gasteiger partial charge in [-0.05, 0) is 12.8 Å². The Hall–Kier alpha value is -1.33. The van der Waals surface area contributed by atoms with Gasteiger partial charge in [0.2, 0.25) is 0 Å². The molecule has 1 fully saturated rings. The minimum absolute atomic E-state index is 0.175. The molecule has 2 unspecified atom stereocenters. The van der Waals surface area contributed by atoms with Gasteiger partial charge in [-0.3, -0.25) is 4.79 Å². The SMILES string of the molecule is C=CCn1ncc(NCC2CCOC2CC)c(Cl)c1=O. The predicted octanol–water partition coefficient (Wildman–Crippen LogP) is 2.31. The highest BCUT2D eigenvalue weighted by molar-refractivity contribution is 6.32. The summed E-state index contributed by atoms with van der Waals surface area (Å²) >= 11 is 6.09. The maximum atomic E-state index is 12.0. The second-order valence-corrected chi connectivity index (χ2v) is 5.27. The van der Waals surface area contributed by atoms with E-state index in [0.29, 0.717) is 18.2 Å². The number of halogens is 1. The lowest BCUT2D eigenvalue weighted by atomic mass is 10.00. The van der Waals surface area contributed by atoms with Gasteiger partial charge in [-0.1, -0.05) is 24.6 Å². The molecule has 1 aliphatic heterocycles. The van der Waals surface area contributed by atoms with Crippen LogP contribution in [-0.4, -0.2) is 29.0 Å². The number of aromatic nitrogens is 2. The lowest BCUT2D eigenvalue weighted by molar-refractivity contribution is 0.0900. The summed E-state index contributed by atoms with van der Waals surface area (Å²) in [5, 5.41) is 7.46. The molecule has 2 atom stereocenters. The molecular weight excluding hydrogens is 278 g/mol. The first-order valence-electron chi connectivity index (χ1n) is 6.89. The molecular formula is C14H20ClN3O2. The Morgan fingerprint density at radius 2 is 2.50 bits per heavy atom. The van der Waals surface area contributed by atoms with Gasteiger partial charge < -0.3 is 10.1 Å². The first kappa shape index (κ1) is 15.1. The first-order chi connectivity index (χ1) is 9.67. The van der Waals surface area contributed by atoms with E-state index in [9.17, 15) is 4.79 Å². The molecule has 1 N–H and O–H groups in total. The number of hydrogen-bond acceptors (Lipinski definition) is 4. The van der Waals surface area contributed by atoms with Crippen LogP contribution in [0.2, 0.25) is 5.02 Å². The van der Waals surface area contributed by atoms with Gasteiger partial charge in [-0.2, -0.15) is 5.10 Å². The fourth-order valence-corrected chi connectivity index (χ4v) is 2.67. The normalized spacial score (nSPS) is 21.9. The lowest BCUT2D eigenvalue weighted by Gasteiger charge is -2.18. The van der Waals surface area contributed by atoms with Crippen LogP contribution in [0, 0.1) is 5.92 Å². The van der Waals surface area contributed by atoms with E-state index in [1.54, 1.807) is 12.3 Å². The number of anilines is 1. The van der Waals surface area contributed by atoms with Crippen molar-refractivity contribution in [1.82, 2.24) is 9.78 Å². The van der Waals surface area contributed by atoms with Crippen LogP contribution in [-0.2, 0) is 11.3 Å². The summed E-state index contributed by atoms with van der Waals surface area (Å²) in [4.78, 5) is 12.0. The highest BCUT2D eigenvalue weighted by Gasteiger charge is 2.26. The van der Waals surface area contributed by atoms with Crippen LogP contribution < -0.4 is 10.9 Å². The van der Waals surface area contributed by atoms with E-state index < -0.39 is 0 Å². The predicted molar refractivity (Wildman–Crippen MR) is 80.3 cm³/mol. The van der Waals surface area contributed by atoms with Crippen molar-refractivity contribution in [3.63, 3.8) is 0 Å². The average Bonchev–Trinajstić information content (AvgIpc) is 2.91. The third kappa shape index (κ3) is 3.22. The molecule has 0 spiro atoms. The zero-order chi connectivity index (χ0) is 14.5. The Kier molecular flexibility index (Phi) is 5.20. The van der Waals surface area contributed by atoms with Gasteiger partial charge in [0, 0.05) is 19.1 Å². The van der Waals surface area contributed by atoms with Crippen LogP contribution >= 0.6 is 11.6 Å². The van der Waals surface area contributed by atoms with Gasteiger partial charge in [0.25, 0.3) is 5.56 Å². The molecule has 2 rings (SSSR count). The molecule has 110 valence electrons. The van der Waals surface area contributed by atoms with E-state index in [4.69, 9.17) is 16.3 Å². The quantitative estimate of drug-likeness (QED) is 0.819. The van der Waals surface area contributed by atoms with Crippen molar-refractivity contribution >= 4 is 17.3 Å². The fraction of sp³-hybridized carbons (Fsp3) is 0.571. The van der Waals surface area contributed by atoms with Crippen molar-refractivity contribution in [3.8, 4) is 0 Å². The van der Waals surface area contributed by atoms with Crippen molar-refractivity contribution in [2.45, 2.75) is 32.4 Å². The molecule has 1 aliphatic rings. The second kappa shape index (κ2) is 6.90. The summed E-state index contributed by atoms with van der Waals surface area (Å²) in [6.45, 7) is 7.60. The van der Waals surface area contributed by atoms with Gasteiger partial charge in [0.05, 0.1) is 24.5 Å². The van der Waals surface area contributed by atoms with Crippen molar-refractivity contribution in [1.29, 1.82) is 0 Å². The molecule has 1 saturated heterocycles. The zero-order valence-corrected chi connectivity index (χ0v) is 12.4. The largest absolute Gasteiger partial charge is 0.382 e. The molecule has 0 bridgehead atoms. The molecule has 6 heteroatoms. The van der Waals surface area contributed by atoms with Gasteiger partial charge in [0.1, 0.15) is 5.02 Å². The Bertz CT molecular complexity index is 530. The van der Waals surface area contributed by atoms with Crippen LogP contribution in [0.3, 0.4) is 0 Å².